The van der Waals surface area contributed by atoms with Gasteiger partial charge in [-0.3, -0.25) is 0 Å². The lowest BCUT2D eigenvalue weighted by molar-refractivity contribution is 0.358. The highest BCUT2D eigenvalue weighted by atomic mass is 16.5. The van der Waals surface area contributed by atoms with Gasteiger partial charge in [-0.25, -0.2) is 0 Å². The van der Waals surface area contributed by atoms with Crippen LogP contribution in [0.1, 0.15) is 26.2 Å². The number of nitrogens with zero attached hydrogens (tertiary/aromatic N) is 2. The molecule has 2 N–H and O–H groups in total. The molecule has 2 heterocycles. The number of para-hydroxylation sites is 1. The van der Waals surface area contributed by atoms with Crippen LogP contribution < -0.4 is 5.73 Å². The van der Waals surface area contributed by atoms with Gasteiger partial charge in [0.25, 0.3) is 0 Å². The van der Waals surface area contributed by atoms with Gasteiger partial charge in [0.2, 0.25) is 11.7 Å². The molecule has 104 valence electrons. The molecule has 20 heavy (non-hydrogen) atoms. The molecule has 0 saturated heterocycles. The van der Waals surface area contributed by atoms with E-state index in [-0.39, 0.29) is 5.54 Å². The number of hydrogen-bond acceptors (Lipinski definition) is 5. The minimum Gasteiger partial charge on any atom is -0.453 e. The molecule has 0 aliphatic rings. The molecule has 2 aromatic heterocycles. The van der Waals surface area contributed by atoms with E-state index in [2.05, 4.69) is 10.1 Å². The van der Waals surface area contributed by atoms with Crippen LogP contribution in [-0.2, 0) is 6.42 Å². The molecule has 0 unspecified atom stereocenters. The molecule has 0 radical (unpaired) electrons. The van der Waals surface area contributed by atoms with E-state index in [1.165, 1.54) is 0 Å². The molecule has 3 aromatic rings. The molecule has 0 atom stereocenters. The zero-order valence-corrected chi connectivity index (χ0v) is 11.6. The zero-order valence-electron chi connectivity index (χ0n) is 11.6. The van der Waals surface area contributed by atoms with Gasteiger partial charge in [-0.1, -0.05) is 23.4 Å². The standard InChI is InChI=1S/C15H17N3O2/c1-15(2,16)8-7-13-17-14(18-20-13)12-9-10-5-3-4-6-11(10)19-12/h3-6,9H,7-8,16H2,1-2H3. The van der Waals surface area contributed by atoms with Crippen LogP contribution >= 0.6 is 0 Å². The monoisotopic (exact) mass is 271 g/mol. The molecular formula is C15H17N3O2. The summed E-state index contributed by atoms with van der Waals surface area (Å²) in [5.74, 6) is 1.68. The Morgan fingerprint density at radius 1 is 1.25 bits per heavy atom. The van der Waals surface area contributed by atoms with Crippen molar-refractivity contribution in [2.75, 3.05) is 0 Å². The minimum absolute atomic E-state index is 0.242. The number of rotatable bonds is 4. The Bertz CT molecular complexity index is 689. The smallest absolute Gasteiger partial charge is 0.238 e. The Hall–Kier alpha value is -2.14. The lowest BCUT2D eigenvalue weighted by atomic mass is 10.0. The second kappa shape index (κ2) is 4.76. The van der Waals surface area contributed by atoms with Gasteiger partial charge in [0.15, 0.2) is 5.76 Å². The lowest BCUT2D eigenvalue weighted by Gasteiger charge is -2.16. The topological polar surface area (TPSA) is 78.1 Å². The van der Waals surface area contributed by atoms with Gasteiger partial charge in [-0.2, -0.15) is 4.98 Å². The molecular weight excluding hydrogens is 254 g/mol. The summed E-state index contributed by atoms with van der Waals surface area (Å²) in [7, 11) is 0. The van der Waals surface area contributed by atoms with Crippen molar-refractivity contribution in [3.63, 3.8) is 0 Å². The normalized spacial score (nSPS) is 12.2. The molecule has 1 aromatic carbocycles. The summed E-state index contributed by atoms with van der Waals surface area (Å²) in [6.45, 7) is 3.95. The van der Waals surface area contributed by atoms with Gasteiger partial charge >= 0.3 is 0 Å². The maximum Gasteiger partial charge on any atom is 0.238 e. The summed E-state index contributed by atoms with van der Waals surface area (Å²) >= 11 is 0. The first-order chi connectivity index (χ1) is 9.51. The maximum atomic E-state index is 5.94. The van der Waals surface area contributed by atoms with Crippen molar-refractivity contribution in [2.45, 2.75) is 32.2 Å². The maximum absolute atomic E-state index is 5.94. The second-order valence-electron chi connectivity index (χ2n) is 5.65. The van der Waals surface area contributed by atoms with Crippen LogP contribution in [0.4, 0.5) is 0 Å². The second-order valence-corrected chi connectivity index (χ2v) is 5.65. The van der Waals surface area contributed by atoms with Crippen molar-refractivity contribution < 1.29 is 8.94 Å². The number of nitrogens with two attached hydrogens (primary N) is 1. The van der Waals surface area contributed by atoms with Crippen LogP contribution in [0.3, 0.4) is 0 Å². The Morgan fingerprint density at radius 3 is 2.80 bits per heavy atom. The highest BCUT2D eigenvalue weighted by Crippen LogP contribution is 2.25. The first-order valence-corrected chi connectivity index (χ1v) is 6.62. The predicted octanol–water partition coefficient (Wildman–Crippen LogP) is 3.15. The molecule has 0 amide bonds. The van der Waals surface area contributed by atoms with E-state index in [1.54, 1.807) is 0 Å². The Balaban J connectivity index is 1.82. The summed E-state index contributed by atoms with van der Waals surface area (Å²) in [4.78, 5) is 4.35. The number of hydrogen-bond donors (Lipinski definition) is 1. The third kappa shape index (κ3) is 2.72. The summed E-state index contributed by atoms with van der Waals surface area (Å²) in [5, 5.41) is 4.99. The van der Waals surface area contributed by atoms with Gasteiger partial charge in [0, 0.05) is 17.3 Å². The van der Waals surface area contributed by atoms with Crippen LogP contribution in [0.5, 0.6) is 0 Å². The average Bonchev–Trinajstić information content (AvgIpc) is 3.01. The van der Waals surface area contributed by atoms with E-state index in [9.17, 15) is 0 Å². The molecule has 0 fully saturated rings. The van der Waals surface area contributed by atoms with E-state index < -0.39 is 0 Å². The Labute approximate surface area is 116 Å². The fraction of sp³-hybridized carbons (Fsp3) is 0.333. The third-order valence-corrected chi connectivity index (χ3v) is 3.10. The number of aryl methyl sites for hydroxylation is 1. The quantitative estimate of drug-likeness (QED) is 0.788. The van der Waals surface area contributed by atoms with Gasteiger partial charge < -0.3 is 14.7 Å². The lowest BCUT2D eigenvalue weighted by Crippen LogP contribution is -2.32. The van der Waals surface area contributed by atoms with Crippen LogP contribution in [0.25, 0.3) is 22.6 Å². The summed E-state index contributed by atoms with van der Waals surface area (Å²) in [6, 6.07) is 9.71. The van der Waals surface area contributed by atoms with Gasteiger partial charge in [-0.05, 0) is 32.4 Å². The van der Waals surface area contributed by atoms with E-state index in [0.717, 1.165) is 17.4 Å². The van der Waals surface area contributed by atoms with Gasteiger partial charge in [0.05, 0.1) is 0 Å². The third-order valence-electron chi connectivity index (χ3n) is 3.10. The van der Waals surface area contributed by atoms with Crippen molar-refractivity contribution >= 4 is 11.0 Å². The van der Waals surface area contributed by atoms with Crippen LogP contribution in [-0.4, -0.2) is 15.7 Å². The summed E-state index contributed by atoms with van der Waals surface area (Å²) in [6.07, 6.45) is 1.45. The number of benzene rings is 1. The average molecular weight is 271 g/mol. The van der Waals surface area contributed by atoms with Gasteiger partial charge in [-0.15, -0.1) is 0 Å². The number of aromatic nitrogens is 2. The molecule has 0 saturated carbocycles. The molecule has 5 heteroatoms. The first-order valence-electron chi connectivity index (χ1n) is 6.62. The van der Waals surface area contributed by atoms with E-state index >= 15 is 0 Å². The SMILES string of the molecule is CC(C)(N)CCc1nc(-c2cc3ccccc3o2)no1. The number of fused-ring (bicyclic) bond motifs is 1. The van der Waals surface area contributed by atoms with Crippen molar-refractivity contribution in [3.05, 3.63) is 36.2 Å². The zero-order chi connectivity index (χ0) is 14.2. The number of furan rings is 1. The highest BCUT2D eigenvalue weighted by Gasteiger charge is 2.16. The van der Waals surface area contributed by atoms with Gasteiger partial charge in [0.1, 0.15) is 5.58 Å². The highest BCUT2D eigenvalue weighted by molar-refractivity contribution is 5.81. The van der Waals surface area contributed by atoms with E-state index in [0.29, 0.717) is 23.9 Å². The Kier molecular flexibility index (Phi) is 3.06. The van der Waals surface area contributed by atoms with Crippen LogP contribution in [0.2, 0.25) is 0 Å². The molecule has 0 bridgehead atoms. The fourth-order valence-electron chi connectivity index (χ4n) is 1.98. The summed E-state index contributed by atoms with van der Waals surface area (Å²) < 4.78 is 10.9. The van der Waals surface area contributed by atoms with Crippen LogP contribution in [0.15, 0.2) is 39.3 Å². The largest absolute Gasteiger partial charge is 0.453 e. The first kappa shape index (κ1) is 12.9. The summed E-state index contributed by atoms with van der Waals surface area (Å²) in [5.41, 5.74) is 6.52. The van der Waals surface area contributed by atoms with Crippen LogP contribution in [0, 0.1) is 0 Å². The Morgan fingerprint density at radius 2 is 2.05 bits per heavy atom. The minimum atomic E-state index is -0.242. The molecule has 5 nitrogen and oxygen atoms in total. The van der Waals surface area contributed by atoms with Crippen molar-refractivity contribution in [3.8, 4) is 11.6 Å². The molecule has 0 aliphatic heterocycles. The predicted molar refractivity (Wildman–Crippen MR) is 76.1 cm³/mol. The van der Waals surface area contributed by atoms with E-state index in [4.69, 9.17) is 14.7 Å². The van der Waals surface area contributed by atoms with Crippen molar-refractivity contribution in [1.29, 1.82) is 0 Å². The molecule has 0 aliphatic carbocycles. The molecule has 0 spiro atoms. The molecule has 3 rings (SSSR count). The fourth-order valence-corrected chi connectivity index (χ4v) is 1.98. The van der Waals surface area contributed by atoms with Crippen molar-refractivity contribution in [1.82, 2.24) is 10.1 Å². The van der Waals surface area contributed by atoms with E-state index in [1.807, 2.05) is 44.2 Å². The van der Waals surface area contributed by atoms with Crippen molar-refractivity contribution in [2.24, 2.45) is 5.73 Å².